The molecule has 0 spiro atoms. The first-order chi connectivity index (χ1) is 13.8. The Labute approximate surface area is 174 Å². The van der Waals surface area contributed by atoms with Gasteiger partial charge in [0.1, 0.15) is 5.76 Å². The first kappa shape index (κ1) is 21.4. The number of carbonyl (C=O) groups is 2. The Hall–Kier alpha value is -2.32. The van der Waals surface area contributed by atoms with E-state index in [1.165, 1.54) is 11.0 Å². The predicted molar refractivity (Wildman–Crippen MR) is 108 cm³/mol. The lowest BCUT2D eigenvalue weighted by molar-refractivity contribution is -0.136. The van der Waals surface area contributed by atoms with Gasteiger partial charge in [-0.2, -0.15) is 0 Å². The largest absolute Gasteiger partial charge is 0.450 e. The minimum Gasteiger partial charge on any atom is -0.450 e. The molecule has 1 aromatic carbocycles. The normalized spacial score (nSPS) is 17.8. The molecule has 156 valence electrons. The molecule has 1 fully saturated rings. The average Bonchev–Trinajstić information content (AvgIpc) is 3.31. The molecule has 1 aliphatic heterocycles. The van der Waals surface area contributed by atoms with E-state index in [1.54, 1.807) is 30.3 Å². The SMILES string of the molecule is CCCN(C(=O)COC(=O)c1ccc(-c2ccccc2Cl)o1)C1CCS(=O)(=O)C1. The number of rotatable bonds is 7. The highest BCUT2D eigenvalue weighted by atomic mass is 35.5. The van der Waals surface area contributed by atoms with Crippen LogP contribution in [0.3, 0.4) is 0 Å². The number of hydrogen-bond acceptors (Lipinski definition) is 6. The monoisotopic (exact) mass is 439 g/mol. The molecule has 3 rings (SSSR count). The van der Waals surface area contributed by atoms with E-state index < -0.39 is 28.3 Å². The van der Waals surface area contributed by atoms with Gasteiger partial charge in [0.15, 0.2) is 16.4 Å². The third-order valence-corrected chi connectivity index (χ3v) is 6.79. The van der Waals surface area contributed by atoms with Crippen LogP contribution in [0.1, 0.15) is 30.3 Å². The molecule has 0 radical (unpaired) electrons. The summed E-state index contributed by atoms with van der Waals surface area (Å²) in [7, 11) is -3.12. The Morgan fingerprint density at radius 3 is 2.66 bits per heavy atom. The van der Waals surface area contributed by atoms with Crippen molar-refractivity contribution in [3.05, 3.63) is 47.2 Å². The second kappa shape index (κ2) is 9.00. The summed E-state index contributed by atoms with van der Waals surface area (Å²) in [4.78, 5) is 26.3. The van der Waals surface area contributed by atoms with Gasteiger partial charge in [0.05, 0.1) is 16.5 Å². The first-order valence-corrected chi connectivity index (χ1v) is 11.5. The highest BCUT2D eigenvalue weighted by Gasteiger charge is 2.34. The zero-order valence-corrected chi connectivity index (χ0v) is 17.5. The van der Waals surface area contributed by atoms with Crippen LogP contribution in [-0.4, -0.2) is 55.9 Å². The van der Waals surface area contributed by atoms with Crippen LogP contribution < -0.4 is 0 Å². The highest BCUT2D eigenvalue weighted by molar-refractivity contribution is 7.91. The van der Waals surface area contributed by atoms with Gasteiger partial charge in [0.2, 0.25) is 5.76 Å². The number of carbonyl (C=O) groups excluding carboxylic acids is 2. The van der Waals surface area contributed by atoms with Crippen LogP contribution in [0, 0.1) is 0 Å². The van der Waals surface area contributed by atoms with E-state index >= 15 is 0 Å². The number of benzene rings is 1. The van der Waals surface area contributed by atoms with E-state index in [9.17, 15) is 18.0 Å². The van der Waals surface area contributed by atoms with Crippen molar-refractivity contribution in [1.82, 2.24) is 4.90 Å². The third kappa shape index (κ3) is 5.19. The summed E-state index contributed by atoms with van der Waals surface area (Å²) in [5.41, 5.74) is 0.640. The molecule has 1 amide bonds. The molecule has 2 aromatic rings. The van der Waals surface area contributed by atoms with Gasteiger partial charge in [-0.25, -0.2) is 13.2 Å². The molecule has 1 atom stereocenters. The van der Waals surface area contributed by atoms with Crippen molar-refractivity contribution in [3.63, 3.8) is 0 Å². The summed E-state index contributed by atoms with van der Waals surface area (Å²) >= 11 is 6.13. The third-order valence-electron chi connectivity index (χ3n) is 4.71. The van der Waals surface area contributed by atoms with E-state index in [4.69, 9.17) is 20.8 Å². The van der Waals surface area contributed by atoms with Crippen LogP contribution in [-0.2, 0) is 19.4 Å². The predicted octanol–water partition coefficient (Wildman–Crippen LogP) is 3.18. The molecule has 1 aliphatic rings. The van der Waals surface area contributed by atoms with Crippen LogP contribution >= 0.6 is 11.6 Å². The van der Waals surface area contributed by atoms with E-state index in [2.05, 4.69) is 0 Å². The zero-order valence-electron chi connectivity index (χ0n) is 16.0. The molecule has 1 unspecified atom stereocenters. The maximum Gasteiger partial charge on any atom is 0.374 e. The number of halogens is 1. The summed E-state index contributed by atoms with van der Waals surface area (Å²) in [5, 5.41) is 0.485. The highest BCUT2D eigenvalue weighted by Crippen LogP contribution is 2.29. The lowest BCUT2D eigenvalue weighted by Gasteiger charge is -2.27. The number of esters is 1. The average molecular weight is 440 g/mol. The fourth-order valence-corrected chi connectivity index (χ4v) is 5.27. The Kier molecular flexibility index (Phi) is 6.64. The zero-order chi connectivity index (χ0) is 21.0. The maximum atomic E-state index is 12.5. The summed E-state index contributed by atoms with van der Waals surface area (Å²) in [5.74, 6) is -0.794. The maximum absolute atomic E-state index is 12.5. The van der Waals surface area contributed by atoms with Crippen molar-refractivity contribution in [2.75, 3.05) is 24.7 Å². The van der Waals surface area contributed by atoms with Crippen molar-refractivity contribution in [1.29, 1.82) is 0 Å². The number of nitrogens with zero attached hydrogens (tertiary/aromatic N) is 1. The lowest BCUT2D eigenvalue weighted by atomic mass is 10.2. The lowest BCUT2D eigenvalue weighted by Crippen LogP contribution is -2.43. The smallest absolute Gasteiger partial charge is 0.374 e. The molecule has 0 saturated carbocycles. The van der Waals surface area contributed by atoms with Gasteiger partial charge in [0, 0.05) is 18.2 Å². The fraction of sp³-hybridized carbons (Fsp3) is 0.400. The van der Waals surface area contributed by atoms with Gasteiger partial charge in [-0.1, -0.05) is 30.7 Å². The molecule has 1 saturated heterocycles. The van der Waals surface area contributed by atoms with Crippen LogP contribution in [0.25, 0.3) is 11.3 Å². The van der Waals surface area contributed by atoms with Crippen molar-refractivity contribution in [2.45, 2.75) is 25.8 Å². The Morgan fingerprint density at radius 1 is 1.24 bits per heavy atom. The van der Waals surface area contributed by atoms with Gasteiger partial charge in [-0.05, 0) is 37.1 Å². The van der Waals surface area contributed by atoms with E-state index in [-0.39, 0.29) is 23.3 Å². The van der Waals surface area contributed by atoms with Crippen LogP contribution in [0.2, 0.25) is 5.02 Å². The quantitative estimate of drug-likeness (QED) is 0.615. The Balaban J connectivity index is 1.62. The topological polar surface area (TPSA) is 93.9 Å². The summed E-state index contributed by atoms with van der Waals surface area (Å²) in [6.07, 6.45) is 1.08. The number of sulfone groups is 1. The van der Waals surface area contributed by atoms with Crippen molar-refractivity contribution < 1.29 is 27.2 Å². The van der Waals surface area contributed by atoms with E-state index in [0.29, 0.717) is 35.7 Å². The molecule has 29 heavy (non-hydrogen) atoms. The minimum absolute atomic E-state index is 0.0433. The van der Waals surface area contributed by atoms with Gasteiger partial charge in [-0.3, -0.25) is 4.79 Å². The summed E-state index contributed by atoms with van der Waals surface area (Å²) < 4.78 is 34.1. The van der Waals surface area contributed by atoms with Crippen molar-refractivity contribution in [2.24, 2.45) is 0 Å². The van der Waals surface area contributed by atoms with Gasteiger partial charge in [0.25, 0.3) is 5.91 Å². The summed E-state index contributed by atoms with van der Waals surface area (Å²) in [6.45, 7) is 1.83. The first-order valence-electron chi connectivity index (χ1n) is 9.32. The Bertz CT molecular complexity index is 1000. The molecule has 2 heterocycles. The number of amides is 1. The second-order valence-electron chi connectivity index (χ2n) is 6.86. The van der Waals surface area contributed by atoms with Crippen molar-refractivity contribution in [3.8, 4) is 11.3 Å². The molecule has 0 bridgehead atoms. The second-order valence-corrected chi connectivity index (χ2v) is 9.50. The van der Waals surface area contributed by atoms with Crippen molar-refractivity contribution >= 4 is 33.3 Å². The van der Waals surface area contributed by atoms with Gasteiger partial charge in [-0.15, -0.1) is 0 Å². The van der Waals surface area contributed by atoms with Gasteiger partial charge < -0.3 is 14.1 Å². The minimum atomic E-state index is -3.12. The number of ether oxygens (including phenoxy) is 1. The Morgan fingerprint density at radius 2 is 2.00 bits per heavy atom. The standard InChI is InChI=1S/C20H22ClNO6S/c1-2-10-22(14-9-11-29(25,26)13-14)19(23)12-27-20(24)18-8-7-17(28-18)15-5-3-4-6-16(15)21/h3-8,14H,2,9-13H2,1H3. The number of hydrogen-bond donors (Lipinski definition) is 0. The molecule has 0 N–H and O–H groups in total. The molecule has 0 aliphatic carbocycles. The number of furan rings is 1. The molecule has 9 heteroatoms. The van der Waals surface area contributed by atoms with E-state index in [1.807, 2.05) is 6.92 Å². The summed E-state index contributed by atoms with van der Waals surface area (Å²) in [6, 6.07) is 9.74. The van der Waals surface area contributed by atoms with Gasteiger partial charge >= 0.3 is 5.97 Å². The molecule has 7 nitrogen and oxygen atoms in total. The van der Waals surface area contributed by atoms with E-state index in [0.717, 1.165) is 0 Å². The fourth-order valence-electron chi connectivity index (χ4n) is 3.31. The molecular formula is C20H22ClNO6S. The van der Waals surface area contributed by atoms with Crippen LogP contribution in [0.15, 0.2) is 40.8 Å². The van der Waals surface area contributed by atoms with Crippen LogP contribution in [0.4, 0.5) is 0 Å². The molecular weight excluding hydrogens is 418 g/mol. The van der Waals surface area contributed by atoms with Crippen LogP contribution in [0.5, 0.6) is 0 Å². The molecule has 1 aromatic heterocycles.